The average molecular weight is 293 g/mol. The van der Waals surface area contributed by atoms with Crippen LogP contribution in [0.5, 0.6) is 0 Å². The van der Waals surface area contributed by atoms with Gasteiger partial charge in [-0.15, -0.1) is 0 Å². The zero-order valence-corrected chi connectivity index (χ0v) is 12.1. The summed E-state index contributed by atoms with van der Waals surface area (Å²) in [5.74, 6) is -1.42. The second kappa shape index (κ2) is 6.56. The molecule has 5 nitrogen and oxygen atoms in total. The third-order valence-electron chi connectivity index (χ3n) is 3.62. The van der Waals surface area contributed by atoms with Crippen LogP contribution in [0.3, 0.4) is 0 Å². The molecule has 1 fully saturated rings. The van der Waals surface area contributed by atoms with Crippen molar-refractivity contribution in [2.75, 3.05) is 18.8 Å². The summed E-state index contributed by atoms with van der Waals surface area (Å²) in [7, 11) is 0. The molecule has 1 heterocycles. The molecule has 1 unspecified atom stereocenters. The Morgan fingerprint density at radius 3 is 2.57 bits per heavy atom. The van der Waals surface area contributed by atoms with Gasteiger partial charge in [0.1, 0.15) is 11.9 Å². The molecule has 1 aromatic rings. The first kappa shape index (κ1) is 15.3. The lowest BCUT2D eigenvalue weighted by molar-refractivity contribution is -0.133. The maximum absolute atomic E-state index is 13.7. The molecule has 0 aliphatic carbocycles. The summed E-state index contributed by atoms with van der Waals surface area (Å²) in [5.41, 5.74) is 5.58. The molecule has 0 saturated carbocycles. The van der Waals surface area contributed by atoms with Crippen molar-refractivity contribution in [3.8, 4) is 0 Å². The number of anilines is 1. The van der Waals surface area contributed by atoms with Gasteiger partial charge in [0.15, 0.2) is 0 Å². The lowest BCUT2D eigenvalue weighted by atomic mass is 10.1. The van der Waals surface area contributed by atoms with Crippen LogP contribution in [0.25, 0.3) is 0 Å². The fourth-order valence-electron chi connectivity index (χ4n) is 2.44. The molecule has 2 rings (SSSR count). The van der Waals surface area contributed by atoms with E-state index in [1.54, 1.807) is 11.8 Å². The van der Waals surface area contributed by atoms with E-state index in [1.165, 1.54) is 12.1 Å². The second-order valence-electron chi connectivity index (χ2n) is 5.32. The number of hydrogen-bond donors (Lipinski definition) is 2. The highest BCUT2D eigenvalue weighted by Crippen LogP contribution is 2.13. The molecule has 1 aliphatic heterocycles. The summed E-state index contributed by atoms with van der Waals surface area (Å²) in [5, 5.41) is 2.54. The molecular weight excluding hydrogens is 273 g/mol. The molecule has 0 aromatic heterocycles. The maximum atomic E-state index is 13.7. The molecule has 0 spiro atoms. The van der Waals surface area contributed by atoms with Crippen molar-refractivity contribution in [3.05, 3.63) is 29.6 Å². The number of carbonyl (C=O) groups excluding carboxylic acids is 2. The van der Waals surface area contributed by atoms with E-state index in [1.807, 2.05) is 0 Å². The van der Waals surface area contributed by atoms with Crippen LogP contribution in [-0.4, -0.2) is 35.8 Å². The summed E-state index contributed by atoms with van der Waals surface area (Å²) in [6, 6.07) is 3.19. The zero-order valence-electron chi connectivity index (χ0n) is 12.1. The number of amides is 2. The van der Waals surface area contributed by atoms with E-state index in [4.69, 9.17) is 5.73 Å². The zero-order chi connectivity index (χ0) is 15.4. The third-order valence-corrected chi connectivity index (χ3v) is 3.62. The molecule has 1 atom stereocenters. The van der Waals surface area contributed by atoms with Crippen LogP contribution in [0, 0.1) is 5.82 Å². The summed E-state index contributed by atoms with van der Waals surface area (Å²) in [6.45, 7) is 3.05. The van der Waals surface area contributed by atoms with E-state index in [0.29, 0.717) is 0 Å². The van der Waals surface area contributed by atoms with Gasteiger partial charge in [-0.2, -0.15) is 0 Å². The first-order chi connectivity index (χ1) is 9.99. The molecule has 1 aromatic carbocycles. The van der Waals surface area contributed by atoms with E-state index < -0.39 is 17.8 Å². The van der Waals surface area contributed by atoms with Gasteiger partial charge >= 0.3 is 0 Å². The Morgan fingerprint density at radius 1 is 1.29 bits per heavy atom. The number of nitrogens with zero attached hydrogens (tertiary/aromatic N) is 1. The average Bonchev–Trinajstić information content (AvgIpc) is 2.47. The van der Waals surface area contributed by atoms with Crippen molar-refractivity contribution in [1.82, 2.24) is 10.2 Å². The summed E-state index contributed by atoms with van der Waals surface area (Å²) in [6.07, 6.45) is 3.10. The summed E-state index contributed by atoms with van der Waals surface area (Å²) in [4.78, 5) is 26.0. The monoisotopic (exact) mass is 293 g/mol. The van der Waals surface area contributed by atoms with Crippen molar-refractivity contribution < 1.29 is 14.0 Å². The Bertz CT molecular complexity index is 542. The molecule has 2 amide bonds. The predicted molar refractivity (Wildman–Crippen MR) is 78.2 cm³/mol. The van der Waals surface area contributed by atoms with Gasteiger partial charge in [0, 0.05) is 18.8 Å². The number of likely N-dealkylation sites (tertiary alicyclic amines) is 1. The van der Waals surface area contributed by atoms with Gasteiger partial charge in [-0.3, -0.25) is 9.59 Å². The van der Waals surface area contributed by atoms with Gasteiger partial charge in [0.05, 0.1) is 5.56 Å². The van der Waals surface area contributed by atoms with Crippen LogP contribution in [-0.2, 0) is 4.79 Å². The van der Waals surface area contributed by atoms with E-state index >= 15 is 0 Å². The highest BCUT2D eigenvalue weighted by molar-refractivity contribution is 5.97. The lowest BCUT2D eigenvalue weighted by Gasteiger charge is -2.29. The molecule has 21 heavy (non-hydrogen) atoms. The van der Waals surface area contributed by atoms with Crippen molar-refractivity contribution in [2.24, 2.45) is 0 Å². The highest BCUT2D eigenvalue weighted by Gasteiger charge is 2.24. The SMILES string of the molecule is CC(NC(=O)c1ccc(N)cc1F)C(=O)N1CCCCC1. The van der Waals surface area contributed by atoms with Crippen molar-refractivity contribution in [1.29, 1.82) is 0 Å². The highest BCUT2D eigenvalue weighted by atomic mass is 19.1. The number of hydrogen-bond acceptors (Lipinski definition) is 3. The molecule has 0 bridgehead atoms. The van der Waals surface area contributed by atoms with Crippen LogP contribution in [0.15, 0.2) is 18.2 Å². The van der Waals surface area contributed by atoms with Gasteiger partial charge < -0.3 is 16.0 Å². The minimum atomic E-state index is -0.690. The molecule has 1 saturated heterocycles. The topological polar surface area (TPSA) is 75.4 Å². The minimum Gasteiger partial charge on any atom is -0.399 e. The summed E-state index contributed by atoms with van der Waals surface area (Å²) >= 11 is 0. The Balaban J connectivity index is 1.99. The lowest BCUT2D eigenvalue weighted by Crippen LogP contribution is -2.48. The number of piperidine rings is 1. The Morgan fingerprint density at radius 2 is 1.95 bits per heavy atom. The van der Waals surface area contributed by atoms with E-state index in [9.17, 15) is 14.0 Å². The molecular formula is C15H20FN3O2. The largest absolute Gasteiger partial charge is 0.399 e. The van der Waals surface area contributed by atoms with Crippen LogP contribution in [0.4, 0.5) is 10.1 Å². The number of halogens is 1. The standard InChI is InChI=1S/C15H20FN3O2/c1-10(15(21)19-7-3-2-4-8-19)18-14(20)12-6-5-11(17)9-13(12)16/h5-6,9-10H,2-4,7-8,17H2,1H3,(H,18,20). The van der Waals surface area contributed by atoms with Gasteiger partial charge in [-0.25, -0.2) is 4.39 Å². The second-order valence-corrected chi connectivity index (χ2v) is 5.32. The Labute approximate surface area is 123 Å². The summed E-state index contributed by atoms with van der Waals surface area (Å²) < 4.78 is 13.7. The van der Waals surface area contributed by atoms with Crippen LogP contribution in [0.2, 0.25) is 0 Å². The first-order valence-electron chi connectivity index (χ1n) is 7.13. The fraction of sp³-hybridized carbons (Fsp3) is 0.467. The molecule has 6 heteroatoms. The fourth-order valence-corrected chi connectivity index (χ4v) is 2.44. The first-order valence-corrected chi connectivity index (χ1v) is 7.13. The van der Waals surface area contributed by atoms with Gasteiger partial charge in [0.2, 0.25) is 5.91 Å². The molecule has 1 aliphatic rings. The van der Waals surface area contributed by atoms with E-state index in [0.717, 1.165) is 38.4 Å². The van der Waals surface area contributed by atoms with E-state index in [2.05, 4.69) is 5.32 Å². The minimum absolute atomic E-state index is 0.109. The predicted octanol–water partition coefficient (Wildman–Crippen LogP) is 1.54. The number of rotatable bonds is 3. The number of benzene rings is 1. The van der Waals surface area contributed by atoms with Gasteiger partial charge in [-0.05, 0) is 44.4 Å². The smallest absolute Gasteiger partial charge is 0.254 e. The van der Waals surface area contributed by atoms with Crippen LogP contribution < -0.4 is 11.1 Å². The molecule has 0 radical (unpaired) electrons. The normalized spacial score (nSPS) is 16.4. The van der Waals surface area contributed by atoms with Crippen molar-refractivity contribution in [2.45, 2.75) is 32.2 Å². The van der Waals surface area contributed by atoms with Crippen molar-refractivity contribution in [3.63, 3.8) is 0 Å². The van der Waals surface area contributed by atoms with Gasteiger partial charge in [-0.1, -0.05) is 0 Å². The van der Waals surface area contributed by atoms with Crippen molar-refractivity contribution >= 4 is 17.5 Å². The Kier molecular flexibility index (Phi) is 4.77. The number of carbonyl (C=O) groups is 2. The van der Waals surface area contributed by atoms with E-state index in [-0.39, 0.29) is 17.2 Å². The quantitative estimate of drug-likeness (QED) is 0.830. The molecule has 114 valence electrons. The number of nitrogen functional groups attached to an aromatic ring is 1. The maximum Gasteiger partial charge on any atom is 0.254 e. The molecule has 3 N–H and O–H groups in total. The number of nitrogens with one attached hydrogen (secondary N) is 1. The Hall–Kier alpha value is -2.11. The number of nitrogens with two attached hydrogens (primary N) is 1. The van der Waals surface area contributed by atoms with Crippen LogP contribution in [0.1, 0.15) is 36.5 Å². The van der Waals surface area contributed by atoms with Gasteiger partial charge in [0.25, 0.3) is 5.91 Å². The third kappa shape index (κ3) is 3.71. The van der Waals surface area contributed by atoms with Crippen LogP contribution >= 0.6 is 0 Å².